The van der Waals surface area contributed by atoms with Crippen LogP contribution in [0.15, 0.2) is 36.4 Å². The number of hydrogen-bond acceptors (Lipinski definition) is 1. The van der Waals surface area contributed by atoms with Crippen LogP contribution in [0.1, 0.15) is 5.56 Å². The van der Waals surface area contributed by atoms with E-state index in [4.69, 9.17) is 11.6 Å². The highest BCUT2D eigenvalue weighted by Crippen LogP contribution is 2.33. The SMILES string of the molecule is Cc1cc(Cl)c(-c2cccc(F)c2)cc1O. The molecular formula is C13H10ClFO. The van der Waals surface area contributed by atoms with E-state index in [1.807, 2.05) is 0 Å². The molecule has 0 aromatic heterocycles. The van der Waals surface area contributed by atoms with Gasteiger partial charge in [-0.05, 0) is 42.3 Å². The predicted molar refractivity (Wildman–Crippen MR) is 63.2 cm³/mol. The van der Waals surface area contributed by atoms with Gasteiger partial charge in [0, 0.05) is 10.6 Å². The number of benzene rings is 2. The monoisotopic (exact) mass is 236 g/mol. The summed E-state index contributed by atoms with van der Waals surface area (Å²) < 4.78 is 13.1. The molecule has 82 valence electrons. The summed E-state index contributed by atoms with van der Waals surface area (Å²) in [5.41, 5.74) is 1.98. The molecule has 0 aliphatic rings. The molecule has 0 aliphatic heterocycles. The van der Waals surface area contributed by atoms with E-state index < -0.39 is 0 Å². The quantitative estimate of drug-likeness (QED) is 0.788. The van der Waals surface area contributed by atoms with E-state index in [1.54, 1.807) is 31.2 Å². The molecule has 0 atom stereocenters. The molecule has 2 rings (SSSR count). The van der Waals surface area contributed by atoms with Crippen molar-refractivity contribution < 1.29 is 9.50 Å². The van der Waals surface area contributed by atoms with Crippen LogP contribution < -0.4 is 0 Å². The smallest absolute Gasteiger partial charge is 0.123 e. The van der Waals surface area contributed by atoms with Gasteiger partial charge in [-0.3, -0.25) is 0 Å². The largest absolute Gasteiger partial charge is 0.508 e. The topological polar surface area (TPSA) is 20.2 Å². The van der Waals surface area contributed by atoms with Crippen LogP contribution in [0.3, 0.4) is 0 Å². The molecule has 0 spiro atoms. The van der Waals surface area contributed by atoms with Gasteiger partial charge in [-0.15, -0.1) is 0 Å². The van der Waals surface area contributed by atoms with Gasteiger partial charge in [0.05, 0.1) is 0 Å². The second kappa shape index (κ2) is 4.14. The Morgan fingerprint density at radius 1 is 1.19 bits per heavy atom. The van der Waals surface area contributed by atoms with Gasteiger partial charge < -0.3 is 5.11 Å². The van der Waals surface area contributed by atoms with Crippen molar-refractivity contribution in [3.8, 4) is 16.9 Å². The molecule has 0 aliphatic carbocycles. The van der Waals surface area contributed by atoms with Crippen LogP contribution in [0, 0.1) is 12.7 Å². The Kier molecular flexibility index (Phi) is 2.84. The van der Waals surface area contributed by atoms with Crippen LogP contribution in [0.2, 0.25) is 5.02 Å². The lowest BCUT2D eigenvalue weighted by atomic mass is 10.0. The third-order valence-corrected chi connectivity index (χ3v) is 2.73. The number of halogens is 2. The normalized spacial score (nSPS) is 10.4. The molecular weight excluding hydrogens is 227 g/mol. The number of phenolic OH excluding ortho intramolecular Hbond substituents is 1. The molecule has 2 aromatic rings. The number of rotatable bonds is 1. The fourth-order valence-electron chi connectivity index (χ4n) is 1.54. The van der Waals surface area contributed by atoms with Crippen LogP contribution in [-0.2, 0) is 0 Å². The summed E-state index contributed by atoms with van der Waals surface area (Å²) >= 11 is 6.05. The van der Waals surface area contributed by atoms with Crippen LogP contribution in [0.5, 0.6) is 5.75 Å². The standard InChI is InChI=1S/C13H10ClFO/c1-8-5-12(14)11(7-13(8)16)9-3-2-4-10(15)6-9/h2-7,16H,1H3. The Morgan fingerprint density at radius 3 is 2.62 bits per heavy atom. The van der Waals surface area contributed by atoms with Crippen molar-refractivity contribution in [2.24, 2.45) is 0 Å². The first-order chi connectivity index (χ1) is 7.58. The number of aromatic hydroxyl groups is 1. The summed E-state index contributed by atoms with van der Waals surface area (Å²) in [7, 11) is 0. The maximum Gasteiger partial charge on any atom is 0.123 e. The molecule has 1 nitrogen and oxygen atoms in total. The van der Waals surface area contributed by atoms with Crippen LogP contribution >= 0.6 is 11.6 Å². The summed E-state index contributed by atoms with van der Waals surface area (Å²) in [6, 6.07) is 9.32. The molecule has 0 saturated carbocycles. The van der Waals surface area contributed by atoms with Gasteiger partial charge in [-0.2, -0.15) is 0 Å². The third kappa shape index (κ3) is 2.02. The van der Waals surface area contributed by atoms with E-state index in [-0.39, 0.29) is 11.6 Å². The Labute approximate surface area is 98.1 Å². The zero-order chi connectivity index (χ0) is 11.7. The number of hydrogen-bond donors (Lipinski definition) is 1. The minimum Gasteiger partial charge on any atom is -0.508 e. The Bertz CT molecular complexity index is 537. The molecule has 2 aromatic carbocycles. The van der Waals surface area contributed by atoms with Crippen LogP contribution in [0.25, 0.3) is 11.1 Å². The summed E-state index contributed by atoms with van der Waals surface area (Å²) in [6.45, 7) is 1.76. The van der Waals surface area contributed by atoms with E-state index in [2.05, 4.69) is 0 Å². The molecule has 0 radical (unpaired) electrons. The average Bonchev–Trinajstić information content (AvgIpc) is 2.23. The van der Waals surface area contributed by atoms with E-state index in [1.165, 1.54) is 12.1 Å². The van der Waals surface area contributed by atoms with Crippen molar-refractivity contribution in [3.05, 3.63) is 52.8 Å². The van der Waals surface area contributed by atoms with E-state index in [0.717, 1.165) is 0 Å². The van der Waals surface area contributed by atoms with Gasteiger partial charge in [-0.25, -0.2) is 4.39 Å². The fraction of sp³-hybridized carbons (Fsp3) is 0.0769. The van der Waals surface area contributed by atoms with Crippen LogP contribution in [-0.4, -0.2) is 5.11 Å². The molecule has 16 heavy (non-hydrogen) atoms. The Balaban J connectivity index is 2.60. The molecule has 0 unspecified atom stereocenters. The van der Waals surface area contributed by atoms with Crippen molar-refractivity contribution >= 4 is 11.6 Å². The minimum atomic E-state index is -0.325. The van der Waals surface area contributed by atoms with E-state index >= 15 is 0 Å². The van der Waals surface area contributed by atoms with Crippen molar-refractivity contribution in [1.82, 2.24) is 0 Å². The van der Waals surface area contributed by atoms with Gasteiger partial charge in [0.15, 0.2) is 0 Å². The van der Waals surface area contributed by atoms with Gasteiger partial charge in [-0.1, -0.05) is 23.7 Å². The number of phenols is 1. The van der Waals surface area contributed by atoms with E-state index in [0.29, 0.717) is 21.7 Å². The summed E-state index contributed by atoms with van der Waals surface area (Å²) in [4.78, 5) is 0. The molecule has 0 saturated heterocycles. The van der Waals surface area contributed by atoms with Gasteiger partial charge >= 0.3 is 0 Å². The third-order valence-electron chi connectivity index (χ3n) is 2.42. The Morgan fingerprint density at radius 2 is 1.94 bits per heavy atom. The van der Waals surface area contributed by atoms with Crippen molar-refractivity contribution in [2.75, 3.05) is 0 Å². The zero-order valence-corrected chi connectivity index (χ0v) is 9.42. The summed E-state index contributed by atoms with van der Waals surface area (Å²) in [6.07, 6.45) is 0. The van der Waals surface area contributed by atoms with Gasteiger partial charge in [0.1, 0.15) is 11.6 Å². The highest BCUT2D eigenvalue weighted by atomic mass is 35.5. The zero-order valence-electron chi connectivity index (χ0n) is 8.67. The maximum atomic E-state index is 13.1. The Hall–Kier alpha value is -1.54. The summed E-state index contributed by atoms with van der Waals surface area (Å²) in [5, 5.41) is 10.1. The molecule has 0 fully saturated rings. The molecule has 3 heteroatoms. The van der Waals surface area contributed by atoms with Crippen LogP contribution in [0.4, 0.5) is 4.39 Å². The second-order valence-corrected chi connectivity index (χ2v) is 4.04. The van der Waals surface area contributed by atoms with Crippen molar-refractivity contribution in [1.29, 1.82) is 0 Å². The molecule has 0 heterocycles. The average molecular weight is 237 g/mol. The lowest BCUT2D eigenvalue weighted by molar-refractivity contribution is 0.471. The fourth-order valence-corrected chi connectivity index (χ4v) is 1.87. The van der Waals surface area contributed by atoms with Crippen molar-refractivity contribution in [3.63, 3.8) is 0 Å². The lowest BCUT2D eigenvalue weighted by Crippen LogP contribution is -1.84. The first kappa shape index (κ1) is 11.0. The molecule has 1 N–H and O–H groups in total. The highest BCUT2D eigenvalue weighted by molar-refractivity contribution is 6.33. The second-order valence-electron chi connectivity index (χ2n) is 3.63. The van der Waals surface area contributed by atoms with E-state index in [9.17, 15) is 9.50 Å². The first-order valence-corrected chi connectivity index (χ1v) is 5.21. The maximum absolute atomic E-state index is 13.1. The number of aryl methyl sites for hydroxylation is 1. The molecule has 0 amide bonds. The first-order valence-electron chi connectivity index (χ1n) is 4.83. The van der Waals surface area contributed by atoms with Crippen molar-refractivity contribution in [2.45, 2.75) is 6.92 Å². The summed E-state index contributed by atoms with van der Waals surface area (Å²) in [5.74, 6) is -0.169. The predicted octanol–water partition coefficient (Wildman–Crippen LogP) is 4.16. The highest BCUT2D eigenvalue weighted by Gasteiger charge is 2.07. The van der Waals surface area contributed by atoms with Gasteiger partial charge in [0.2, 0.25) is 0 Å². The molecule has 0 bridgehead atoms. The van der Waals surface area contributed by atoms with Gasteiger partial charge in [0.25, 0.3) is 0 Å². The minimum absolute atomic E-state index is 0.156. The lowest BCUT2D eigenvalue weighted by Gasteiger charge is -2.07.